The van der Waals surface area contributed by atoms with E-state index in [0.29, 0.717) is 93.9 Å². The molecule has 1 aliphatic carbocycles. The van der Waals surface area contributed by atoms with Crippen LogP contribution in [0.25, 0.3) is 17.0 Å². The van der Waals surface area contributed by atoms with E-state index in [0.717, 1.165) is 56.4 Å². The average Bonchev–Trinajstić information content (AvgIpc) is 1.69. The van der Waals surface area contributed by atoms with Crippen LogP contribution < -0.4 is 51.6 Å². The number of carbonyl (C=O) groups is 6. The van der Waals surface area contributed by atoms with Crippen LogP contribution in [0.4, 0.5) is 78.8 Å². The second-order valence-corrected chi connectivity index (χ2v) is 26.1. The molecule has 1 aliphatic rings. The number of anilines is 9. The number of azo groups is 2. The number of nitrogens with two attached hydrogens (primary N) is 1. The van der Waals surface area contributed by atoms with Gasteiger partial charge in [-0.2, -0.15) is 42.2 Å². The molecule has 3 heterocycles. The van der Waals surface area contributed by atoms with Crippen molar-refractivity contribution in [3.63, 3.8) is 0 Å². The molecule has 1 fully saturated rings. The van der Waals surface area contributed by atoms with E-state index >= 15 is 0 Å². The summed E-state index contributed by atoms with van der Waals surface area (Å²) in [7, 11) is -2.29. The SMILES string of the molecule is O=S=O.[C-]#[N+]c1cc(/C=C(\C(C)=O)C(=O)Nc2cccc(NC=O)c2)sc1N=Nc1cc(OC)c(N(CC)CC)cc1Nc1nc(Nc2cc(N(CC)CC)c(OC)cc2N=Nc2sc(/C=C(/C(C)=O)C(=O)Nc3cccc(C(N)=O)c3)c(S(=O)(=O)O)c2C#N)nc(SC2CCCCC2)n1. The molecular formula is C65H67N17O13S5. The predicted octanol–water partition coefficient (Wildman–Crippen LogP) is 13.3. The summed E-state index contributed by atoms with van der Waals surface area (Å²) in [6.45, 7) is 20.5. The standard InChI is InChI=1S/C65H67N17O11S4.O2S/c1-10-81(11-2)52-30-47(49(32-54(52)92-8)77-79-61-46(34-66)57(97(89,90)91)56(96-61)29-45(37(6)85)60(88)70-40-21-17-19-38(25-40)58(67)86)72-63-74-64(76-65(75-63)95-42-23-15-14-16-24-42)73-48-31-53(82(12-3)13-4)55(93-9)33-50(48)78-80-62-51(68-7)28-43(94-62)27-44(36(5)84)59(87)71-41-22-18-20-39(26-41)69-35-83;1-3-2/h17-22,25-33,35,42H,10-16,23-24H2,1-6,8-9H3,(H2,67,86)(H,69,83)(H,70,88)(H,71,87)(H,89,90,91)(H2,72,73,74,75,76);/b44-27+,45-29-,79-77?,80-78?;. The van der Waals surface area contributed by atoms with Crippen molar-refractivity contribution in [2.75, 3.05) is 76.8 Å². The number of primary amides is 1. The molecule has 30 nitrogen and oxygen atoms in total. The lowest BCUT2D eigenvalue weighted by atomic mass is 10.0. The smallest absolute Gasteiger partial charge is 0.335 e. The van der Waals surface area contributed by atoms with E-state index in [1.807, 2.05) is 32.6 Å². The van der Waals surface area contributed by atoms with Crippen LogP contribution in [0.2, 0.25) is 0 Å². The number of nitrogens with one attached hydrogen (secondary N) is 5. The summed E-state index contributed by atoms with van der Waals surface area (Å²) in [4.78, 5) is 97.7. The van der Waals surface area contributed by atoms with Crippen LogP contribution >= 0.6 is 34.4 Å². The number of Topliss-reactive ketones (excluding diaryl/α,β-unsaturated/α-hetero) is 2. The molecule has 0 radical (unpaired) electrons. The third-order valence-electron chi connectivity index (χ3n) is 14.9. The molecule has 7 aromatic rings. The first kappa shape index (κ1) is 76.4. The predicted molar refractivity (Wildman–Crippen MR) is 385 cm³/mol. The number of rotatable bonds is 30. The van der Waals surface area contributed by atoms with E-state index in [-0.39, 0.29) is 66.7 Å². The first-order chi connectivity index (χ1) is 48.0. The number of carbonyl (C=O) groups excluding carboxylic acids is 6. The topological polar surface area (TPSA) is 418 Å². The van der Waals surface area contributed by atoms with Gasteiger partial charge in [-0.3, -0.25) is 33.3 Å². The molecule has 0 bridgehead atoms. The zero-order valence-corrected chi connectivity index (χ0v) is 59.1. The van der Waals surface area contributed by atoms with Crippen molar-refractivity contribution < 1.29 is 59.6 Å². The summed E-state index contributed by atoms with van der Waals surface area (Å²) in [6.07, 6.45) is 7.66. The fourth-order valence-corrected chi connectivity index (χ4v) is 14.2. The summed E-state index contributed by atoms with van der Waals surface area (Å²) < 4.78 is 65.4. The number of ether oxygens (including phenoxy) is 2. The molecule has 4 amide bonds. The summed E-state index contributed by atoms with van der Waals surface area (Å²) >= 11 is 2.28. The Balaban J connectivity index is 0.00000460. The highest BCUT2D eigenvalue weighted by atomic mass is 32.2. The Morgan fingerprint density at radius 3 is 1.73 bits per heavy atom. The second kappa shape index (κ2) is 36.0. The number of thiophene rings is 2. The van der Waals surface area contributed by atoms with Crippen LogP contribution in [-0.2, 0) is 45.7 Å². The van der Waals surface area contributed by atoms with Crippen LogP contribution in [0.5, 0.6) is 11.5 Å². The Morgan fingerprint density at radius 1 is 0.740 bits per heavy atom. The molecule has 100 heavy (non-hydrogen) atoms. The fourth-order valence-electron chi connectivity index (χ4n) is 10.1. The molecule has 4 aromatic carbocycles. The van der Waals surface area contributed by atoms with Crippen LogP contribution in [0.15, 0.2) is 121 Å². The zero-order chi connectivity index (χ0) is 72.8. The van der Waals surface area contributed by atoms with Crippen molar-refractivity contribution in [3.8, 4) is 17.6 Å². The minimum Gasteiger partial charge on any atom is -0.494 e. The Morgan fingerprint density at radius 2 is 1.25 bits per heavy atom. The Labute approximate surface area is 590 Å². The Kier molecular flexibility index (Phi) is 27.5. The third-order valence-corrected chi connectivity index (χ3v) is 19.1. The van der Waals surface area contributed by atoms with Gasteiger partial charge in [0.15, 0.2) is 21.7 Å². The number of benzene rings is 4. The molecular weight excluding hydrogens is 1390 g/mol. The summed E-state index contributed by atoms with van der Waals surface area (Å²) in [5, 5.41) is 43.3. The number of thioether (sulfide) groups is 1. The number of aromatic nitrogens is 3. The average molecular weight is 1450 g/mol. The summed E-state index contributed by atoms with van der Waals surface area (Å²) in [6, 6.07) is 21.9. The van der Waals surface area contributed by atoms with Gasteiger partial charge in [-0.15, -0.1) is 38.0 Å². The lowest BCUT2D eigenvalue weighted by molar-refractivity contribution is -0.120. The zero-order valence-electron chi connectivity index (χ0n) is 55.1. The monoisotopic (exact) mass is 1450 g/mol. The van der Waals surface area contributed by atoms with Crippen LogP contribution in [-0.4, -0.2) is 118 Å². The number of ketones is 2. The van der Waals surface area contributed by atoms with Crippen molar-refractivity contribution in [2.45, 2.75) is 88.9 Å². The van der Waals surface area contributed by atoms with E-state index in [1.165, 1.54) is 75.4 Å². The molecule has 0 spiro atoms. The molecule has 1 saturated carbocycles. The summed E-state index contributed by atoms with van der Waals surface area (Å²) in [5.74, 6) is -3.08. The van der Waals surface area contributed by atoms with E-state index in [4.69, 9.17) is 45.1 Å². The number of nitriles is 1. The van der Waals surface area contributed by atoms with Crippen molar-refractivity contribution in [2.24, 2.45) is 26.2 Å². The number of hydrogen-bond acceptors (Lipinski definition) is 27. The van der Waals surface area contributed by atoms with Gasteiger partial charge in [-0.25, -0.2) is 4.85 Å². The lowest BCUT2D eigenvalue weighted by Gasteiger charge is -2.25. The third kappa shape index (κ3) is 19.9. The van der Waals surface area contributed by atoms with E-state index < -0.39 is 71.9 Å². The Hall–Kier alpha value is -11.0. The number of hydrogen-bond donors (Lipinski definition) is 7. The molecule has 8 N–H and O–H groups in total. The molecule has 0 unspecified atom stereocenters. The van der Waals surface area contributed by atoms with Gasteiger partial charge in [0.05, 0.1) is 59.6 Å². The second-order valence-electron chi connectivity index (χ2n) is 21.2. The van der Waals surface area contributed by atoms with E-state index in [9.17, 15) is 47.0 Å². The van der Waals surface area contributed by atoms with Gasteiger partial charge in [0, 0.05) is 71.1 Å². The van der Waals surface area contributed by atoms with Crippen molar-refractivity contribution in [1.82, 2.24) is 15.0 Å². The minimum absolute atomic E-state index is 0.0118. The molecule has 3 aromatic heterocycles. The van der Waals surface area contributed by atoms with Crippen molar-refractivity contribution in [1.29, 1.82) is 5.26 Å². The minimum atomic E-state index is -5.27. The fraction of sp³-hybridized carbons (Fsp3) is 0.277. The molecule has 0 aliphatic heterocycles. The van der Waals surface area contributed by atoms with E-state index in [1.54, 1.807) is 48.5 Å². The highest BCUT2D eigenvalue weighted by Crippen LogP contribution is 2.47. The van der Waals surface area contributed by atoms with Gasteiger partial charge in [0.25, 0.3) is 21.9 Å². The number of methoxy groups -OCH3 is 2. The number of nitrogens with zero attached hydrogens (tertiary/aromatic N) is 11. The van der Waals surface area contributed by atoms with Crippen molar-refractivity contribution >= 4 is 183 Å². The van der Waals surface area contributed by atoms with Gasteiger partial charge >= 0.3 is 11.6 Å². The van der Waals surface area contributed by atoms with Gasteiger partial charge in [-0.1, -0.05) is 43.2 Å². The quantitative estimate of drug-likeness (QED) is 0.00418. The molecule has 35 heteroatoms. The largest absolute Gasteiger partial charge is 0.494 e. The van der Waals surface area contributed by atoms with Gasteiger partial charge in [0.2, 0.25) is 29.9 Å². The van der Waals surface area contributed by atoms with Gasteiger partial charge < -0.3 is 51.6 Å². The maximum Gasteiger partial charge on any atom is 0.335 e. The molecule has 0 saturated heterocycles. The van der Waals surface area contributed by atoms with Gasteiger partial charge in [-0.05, 0) is 121 Å². The van der Waals surface area contributed by atoms with Gasteiger partial charge in [0.1, 0.15) is 44.4 Å². The molecule has 0 atom stereocenters. The lowest BCUT2D eigenvalue weighted by Crippen LogP contribution is -2.22. The van der Waals surface area contributed by atoms with E-state index in [2.05, 4.69) is 56.8 Å². The number of amides is 4. The summed E-state index contributed by atoms with van der Waals surface area (Å²) in [5.41, 5.74) is 7.04. The maximum atomic E-state index is 13.7. The van der Waals surface area contributed by atoms with Crippen LogP contribution in [0.3, 0.4) is 0 Å². The first-order valence-corrected chi connectivity index (χ1v) is 35.1. The highest BCUT2D eigenvalue weighted by molar-refractivity contribution is 7.99. The van der Waals surface area contributed by atoms with Crippen LogP contribution in [0, 0.1) is 17.9 Å². The Bertz CT molecular complexity index is 4640. The van der Waals surface area contributed by atoms with Crippen molar-refractivity contribution in [3.05, 3.63) is 122 Å². The normalized spacial score (nSPS) is 12.5. The highest BCUT2D eigenvalue weighted by Gasteiger charge is 2.30. The molecule has 8 rings (SSSR count). The maximum absolute atomic E-state index is 13.7. The van der Waals surface area contributed by atoms with Crippen LogP contribution in [0.1, 0.15) is 99.3 Å². The first-order valence-electron chi connectivity index (χ1n) is 30.5. The molecule has 520 valence electrons.